The number of ether oxygens (including phenoxy) is 5. The van der Waals surface area contributed by atoms with Crippen molar-refractivity contribution in [1.82, 2.24) is 0 Å². The number of aromatic hydroxyl groups is 1. The number of methoxy groups -OCH3 is 1. The largest absolute Gasteiger partial charge is 0.505 e. The quantitative estimate of drug-likeness (QED) is 0.123. The standard InChI is InChI=1S/C33H33F3N2O11/c1-15-21(46-30-24(40)26(48-31(37)43)27(44-4)32(2,3)49-30)12-11-20-23(39)22(29(42)47-25(15)20)38-28(41)16-7-5-9-18(13-16)45-19-10-6-8-17(14-19)33(34,35)36/h5-14,24,26-27,30-31,39-40,43H,37H2,1-4H3,(H,38,41)/t24-,26+,27-,30-,31?/m1/s1. The van der Waals surface area contributed by atoms with Crippen molar-refractivity contribution in [2.75, 3.05) is 12.4 Å². The van der Waals surface area contributed by atoms with E-state index in [2.05, 4.69) is 5.32 Å². The van der Waals surface area contributed by atoms with Crippen LogP contribution in [-0.2, 0) is 20.4 Å². The van der Waals surface area contributed by atoms with Crippen molar-refractivity contribution < 1.29 is 61.4 Å². The average Bonchev–Trinajstić information content (AvgIpc) is 3.02. The number of benzene rings is 3. The third-order valence-corrected chi connectivity index (χ3v) is 7.79. The highest BCUT2D eigenvalue weighted by Crippen LogP contribution is 2.39. The number of carbonyl (C=O) groups excluding carboxylic acids is 1. The van der Waals surface area contributed by atoms with E-state index >= 15 is 0 Å². The molecular weight excluding hydrogens is 657 g/mol. The Morgan fingerprint density at radius 1 is 1.08 bits per heavy atom. The Bertz CT molecular complexity index is 1910. The molecule has 1 saturated heterocycles. The molecule has 0 spiro atoms. The molecule has 4 aromatic rings. The summed E-state index contributed by atoms with van der Waals surface area (Å²) in [7, 11) is 1.37. The van der Waals surface area contributed by atoms with Crippen molar-refractivity contribution in [3.05, 3.63) is 87.8 Å². The van der Waals surface area contributed by atoms with E-state index < -0.39 is 71.3 Å². The minimum absolute atomic E-state index is 0.0266. The SMILES string of the molecule is CO[C@@H]1[C@@H](OC(N)O)[C@@H](O)[C@H](Oc2ccc3c(O)c(NC(=O)c4cccc(Oc5cccc(C(F)(F)F)c5)c4)c(=O)oc3c2C)OC1(C)C. The number of anilines is 1. The highest BCUT2D eigenvalue weighted by Gasteiger charge is 2.52. The van der Waals surface area contributed by atoms with Gasteiger partial charge < -0.3 is 48.7 Å². The molecule has 262 valence electrons. The summed E-state index contributed by atoms with van der Waals surface area (Å²) in [6.45, 7) is 4.83. The maximum Gasteiger partial charge on any atom is 0.416 e. The number of halogens is 3. The van der Waals surface area contributed by atoms with E-state index in [0.29, 0.717) is 0 Å². The number of fused-ring (bicyclic) bond motifs is 1. The molecule has 1 amide bonds. The second kappa shape index (κ2) is 13.7. The van der Waals surface area contributed by atoms with E-state index in [1.54, 1.807) is 13.8 Å². The number of nitrogens with one attached hydrogen (secondary N) is 1. The van der Waals surface area contributed by atoms with Gasteiger partial charge in [0.15, 0.2) is 11.4 Å². The van der Waals surface area contributed by atoms with Crippen LogP contribution in [-0.4, -0.2) is 65.0 Å². The third-order valence-electron chi connectivity index (χ3n) is 7.79. The molecule has 0 radical (unpaired) electrons. The zero-order chi connectivity index (χ0) is 35.8. The van der Waals surface area contributed by atoms with Crippen LogP contribution in [0.25, 0.3) is 11.0 Å². The molecule has 0 saturated carbocycles. The second-order valence-corrected chi connectivity index (χ2v) is 11.6. The molecular formula is C33H33F3N2O11. The molecule has 1 aliphatic heterocycles. The summed E-state index contributed by atoms with van der Waals surface area (Å²) in [6.07, 6.45) is -11.2. The monoisotopic (exact) mass is 690 g/mol. The summed E-state index contributed by atoms with van der Waals surface area (Å²) < 4.78 is 72.9. The number of rotatable bonds is 9. The lowest BCUT2D eigenvalue weighted by atomic mass is 9.89. The first-order valence-electron chi connectivity index (χ1n) is 14.7. The lowest BCUT2D eigenvalue weighted by molar-refractivity contribution is -0.329. The summed E-state index contributed by atoms with van der Waals surface area (Å²) in [6, 6.07) is 12.4. The average molecular weight is 691 g/mol. The van der Waals surface area contributed by atoms with E-state index in [9.17, 15) is 38.1 Å². The first-order chi connectivity index (χ1) is 23.0. The lowest BCUT2D eigenvalue weighted by Gasteiger charge is -2.48. The molecule has 2 heterocycles. The zero-order valence-electron chi connectivity index (χ0n) is 26.5. The number of nitrogens with two attached hydrogens (primary N) is 1. The third kappa shape index (κ3) is 7.49. The van der Waals surface area contributed by atoms with Gasteiger partial charge in [0.2, 0.25) is 12.7 Å². The summed E-state index contributed by atoms with van der Waals surface area (Å²) in [5.41, 5.74) is 1.77. The fourth-order valence-corrected chi connectivity index (χ4v) is 5.48. The Morgan fingerprint density at radius 2 is 1.76 bits per heavy atom. The molecule has 0 bridgehead atoms. The van der Waals surface area contributed by atoms with Crippen LogP contribution in [0.5, 0.6) is 23.0 Å². The van der Waals surface area contributed by atoms with Crippen LogP contribution in [0.15, 0.2) is 69.9 Å². The number of carbonyl (C=O) groups is 1. The van der Waals surface area contributed by atoms with Gasteiger partial charge in [0.05, 0.1) is 16.6 Å². The smallest absolute Gasteiger partial charge is 0.416 e. The number of aliphatic hydroxyl groups is 2. The normalized spacial score (nSPS) is 21.3. The van der Waals surface area contributed by atoms with E-state index in [-0.39, 0.29) is 39.3 Å². The van der Waals surface area contributed by atoms with Crippen molar-refractivity contribution in [3.8, 4) is 23.0 Å². The van der Waals surface area contributed by atoms with E-state index in [0.717, 1.165) is 12.1 Å². The van der Waals surface area contributed by atoms with Gasteiger partial charge >= 0.3 is 11.8 Å². The predicted molar refractivity (Wildman–Crippen MR) is 166 cm³/mol. The molecule has 6 N–H and O–H groups in total. The Labute approximate surface area is 276 Å². The summed E-state index contributed by atoms with van der Waals surface area (Å²) in [5.74, 6) is -1.46. The van der Waals surface area contributed by atoms with Crippen LogP contribution >= 0.6 is 0 Å². The molecule has 1 aliphatic rings. The van der Waals surface area contributed by atoms with Crippen LogP contribution in [0.2, 0.25) is 0 Å². The Kier molecular flexibility index (Phi) is 9.92. The van der Waals surface area contributed by atoms with Gasteiger partial charge in [-0.15, -0.1) is 0 Å². The van der Waals surface area contributed by atoms with Gasteiger partial charge in [0.25, 0.3) is 5.91 Å². The van der Waals surface area contributed by atoms with Gasteiger partial charge in [0, 0.05) is 18.2 Å². The highest BCUT2D eigenvalue weighted by atomic mass is 19.4. The molecule has 13 nitrogen and oxygen atoms in total. The summed E-state index contributed by atoms with van der Waals surface area (Å²) in [5, 5.41) is 34.0. The maximum absolute atomic E-state index is 13.1. The van der Waals surface area contributed by atoms with Gasteiger partial charge in [-0.2, -0.15) is 13.2 Å². The van der Waals surface area contributed by atoms with Crippen LogP contribution in [0.1, 0.15) is 35.3 Å². The topological polar surface area (TPSA) is 192 Å². The molecule has 1 aromatic heterocycles. The molecule has 0 aliphatic carbocycles. The first kappa shape index (κ1) is 35.6. The number of aliphatic hydroxyl groups excluding tert-OH is 2. The van der Waals surface area contributed by atoms with Crippen LogP contribution < -0.4 is 26.1 Å². The molecule has 1 fully saturated rings. The van der Waals surface area contributed by atoms with Gasteiger partial charge in [-0.05, 0) is 69.3 Å². The Morgan fingerprint density at radius 3 is 2.41 bits per heavy atom. The fourth-order valence-electron chi connectivity index (χ4n) is 5.48. The van der Waals surface area contributed by atoms with Crippen molar-refractivity contribution in [2.45, 2.75) is 63.6 Å². The van der Waals surface area contributed by atoms with Gasteiger partial charge in [-0.25, -0.2) is 4.79 Å². The zero-order valence-corrected chi connectivity index (χ0v) is 26.5. The van der Waals surface area contributed by atoms with Crippen molar-refractivity contribution >= 4 is 22.6 Å². The second-order valence-electron chi connectivity index (χ2n) is 11.6. The number of alkyl halides is 3. The number of aryl methyl sites for hydroxylation is 1. The van der Waals surface area contributed by atoms with E-state index in [4.69, 9.17) is 33.8 Å². The van der Waals surface area contributed by atoms with Gasteiger partial charge in [0.1, 0.15) is 41.1 Å². The maximum atomic E-state index is 13.1. The molecule has 3 aromatic carbocycles. The van der Waals surface area contributed by atoms with Crippen molar-refractivity contribution in [3.63, 3.8) is 0 Å². The molecule has 5 atom stereocenters. The first-order valence-corrected chi connectivity index (χ1v) is 14.7. The molecule has 16 heteroatoms. The van der Waals surface area contributed by atoms with Gasteiger partial charge in [-0.1, -0.05) is 12.1 Å². The number of amides is 1. The van der Waals surface area contributed by atoms with Crippen molar-refractivity contribution in [1.29, 1.82) is 0 Å². The Balaban J connectivity index is 1.37. The fraction of sp³-hybridized carbons (Fsp3) is 0.333. The highest BCUT2D eigenvalue weighted by molar-refractivity contribution is 6.06. The minimum Gasteiger partial charge on any atom is -0.505 e. The predicted octanol–water partition coefficient (Wildman–Crippen LogP) is 4.38. The van der Waals surface area contributed by atoms with E-state index in [1.807, 2.05) is 0 Å². The molecule has 49 heavy (non-hydrogen) atoms. The van der Waals surface area contributed by atoms with Crippen LogP contribution in [0.3, 0.4) is 0 Å². The summed E-state index contributed by atoms with van der Waals surface area (Å²) >= 11 is 0. The van der Waals surface area contributed by atoms with Crippen LogP contribution in [0.4, 0.5) is 18.9 Å². The molecule has 1 unspecified atom stereocenters. The molecule has 5 rings (SSSR count). The Hall–Kier alpha value is -4.71. The summed E-state index contributed by atoms with van der Waals surface area (Å²) in [4.78, 5) is 26.1. The lowest BCUT2D eigenvalue weighted by Crippen LogP contribution is -2.65. The van der Waals surface area contributed by atoms with E-state index in [1.165, 1.54) is 62.6 Å². The van der Waals surface area contributed by atoms with Gasteiger partial charge in [-0.3, -0.25) is 10.5 Å². The number of hydrogen-bond acceptors (Lipinski definition) is 12. The van der Waals surface area contributed by atoms with Crippen molar-refractivity contribution in [2.24, 2.45) is 5.73 Å². The minimum atomic E-state index is -4.58. The van der Waals surface area contributed by atoms with Crippen LogP contribution in [0, 0.1) is 6.92 Å². The number of hydrogen-bond donors (Lipinski definition) is 5.